The Morgan fingerprint density at radius 1 is 1.04 bits per heavy atom. The summed E-state index contributed by atoms with van der Waals surface area (Å²) in [5.74, 6) is 0.124. The Morgan fingerprint density at radius 2 is 1.83 bits per heavy atom. The zero-order valence-electron chi connectivity index (χ0n) is 12.0. The van der Waals surface area contributed by atoms with E-state index in [0.717, 1.165) is 5.69 Å². The molecule has 0 fully saturated rings. The van der Waals surface area contributed by atoms with Crippen molar-refractivity contribution in [2.24, 2.45) is 10.2 Å². The topological polar surface area (TPSA) is 108 Å². The molecule has 0 saturated carbocycles. The Labute approximate surface area is 131 Å². The number of aromatic nitrogens is 4. The summed E-state index contributed by atoms with van der Waals surface area (Å²) in [5.41, 5.74) is 1.63. The Bertz CT molecular complexity index is 800. The highest BCUT2D eigenvalue weighted by Crippen LogP contribution is 2.22. The van der Waals surface area contributed by atoms with Crippen molar-refractivity contribution in [3.05, 3.63) is 66.0 Å². The van der Waals surface area contributed by atoms with Crippen LogP contribution < -0.4 is 5.32 Å². The van der Waals surface area contributed by atoms with Crippen LogP contribution in [0.1, 0.15) is 16.2 Å². The molecule has 0 spiro atoms. The molecule has 0 atom stereocenters. The number of aromatic amines is 1. The molecule has 8 nitrogen and oxygen atoms in total. The van der Waals surface area contributed by atoms with Crippen LogP contribution in [0.4, 0.5) is 11.4 Å². The lowest BCUT2D eigenvalue weighted by Crippen LogP contribution is -2.23. The second kappa shape index (κ2) is 7.03. The number of H-pyrrole nitrogens is 1. The minimum atomic E-state index is -0.280. The molecule has 0 saturated heterocycles. The maximum atomic E-state index is 12.3. The molecule has 0 aliphatic heterocycles. The van der Waals surface area contributed by atoms with E-state index in [1.807, 2.05) is 30.3 Å². The summed E-state index contributed by atoms with van der Waals surface area (Å²) >= 11 is 0. The minimum Gasteiger partial charge on any atom is -0.345 e. The summed E-state index contributed by atoms with van der Waals surface area (Å²) in [4.78, 5) is 12.3. The number of carbonyl (C=O) groups excluding carboxylic acids is 1. The number of azo groups is 1. The normalized spacial score (nSPS) is 10.8. The van der Waals surface area contributed by atoms with Crippen molar-refractivity contribution in [1.82, 2.24) is 25.9 Å². The van der Waals surface area contributed by atoms with E-state index in [1.54, 1.807) is 24.3 Å². The number of nitrogens with zero attached hydrogens (tertiary/aromatic N) is 5. The van der Waals surface area contributed by atoms with E-state index in [4.69, 9.17) is 0 Å². The monoisotopic (exact) mass is 307 g/mol. The number of nitrogens with one attached hydrogen (secondary N) is 2. The van der Waals surface area contributed by atoms with Crippen LogP contribution in [0.3, 0.4) is 0 Å². The zero-order chi connectivity index (χ0) is 15.9. The third-order valence-electron chi connectivity index (χ3n) is 2.97. The van der Waals surface area contributed by atoms with Crippen LogP contribution in [0, 0.1) is 0 Å². The van der Waals surface area contributed by atoms with Gasteiger partial charge in [0.05, 0.1) is 23.5 Å². The van der Waals surface area contributed by atoms with Crippen LogP contribution in [0.25, 0.3) is 0 Å². The van der Waals surface area contributed by atoms with Gasteiger partial charge in [0, 0.05) is 0 Å². The third-order valence-corrected chi connectivity index (χ3v) is 2.97. The zero-order valence-corrected chi connectivity index (χ0v) is 12.0. The van der Waals surface area contributed by atoms with Crippen molar-refractivity contribution >= 4 is 17.3 Å². The van der Waals surface area contributed by atoms with Gasteiger partial charge in [-0.25, -0.2) is 0 Å². The standard InChI is InChI=1S/C15H13N7O/c23-15(16-10-14-19-21-22-20-14)12-8-4-5-9-13(12)18-17-11-6-2-1-3-7-11/h1-9H,10H2,(H,16,23)(H,19,20,21,22). The van der Waals surface area contributed by atoms with Gasteiger partial charge in [-0.2, -0.15) is 10.3 Å². The molecule has 0 radical (unpaired) electrons. The largest absolute Gasteiger partial charge is 0.345 e. The molecular weight excluding hydrogens is 294 g/mol. The van der Waals surface area contributed by atoms with E-state index in [0.29, 0.717) is 17.1 Å². The molecule has 3 aromatic rings. The Kier molecular flexibility index (Phi) is 4.44. The number of carbonyl (C=O) groups is 1. The van der Waals surface area contributed by atoms with E-state index in [9.17, 15) is 4.79 Å². The fourth-order valence-electron chi connectivity index (χ4n) is 1.87. The first kappa shape index (κ1) is 14.5. The maximum absolute atomic E-state index is 12.3. The van der Waals surface area contributed by atoms with Crippen LogP contribution in [0.2, 0.25) is 0 Å². The van der Waals surface area contributed by atoms with E-state index in [-0.39, 0.29) is 12.5 Å². The molecule has 0 unspecified atom stereocenters. The molecule has 0 bridgehead atoms. The number of tetrazole rings is 1. The molecule has 1 amide bonds. The predicted molar refractivity (Wildman–Crippen MR) is 82.4 cm³/mol. The lowest BCUT2D eigenvalue weighted by molar-refractivity contribution is 0.0950. The van der Waals surface area contributed by atoms with Gasteiger partial charge in [0.25, 0.3) is 5.91 Å². The van der Waals surface area contributed by atoms with Crippen molar-refractivity contribution in [1.29, 1.82) is 0 Å². The van der Waals surface area contributed by atoms with Crippen molar-refractivity contribution in [2.75, 3.05) is 0 Å². The smallest absolute Gasteiger partial charge is 0.253 e. The quantitative estimate of drug-likeness (QED) is 0.706. The number of benzene rings is 2. The summed E-state index contributed by atoms with van der Waals surface area (Å²) in [7, 11) is 0. The second-order valence-electron chi connectivity index (χ2n) is 4.56. The molecule has 1 aromatic heterocycles. The molecule has 0 aliphatic rings. The van der Waals surface area contributed by atoms with Gasteiger partial charge in [0.1, 0.15) is 0 Å². The lowest BCUT2D eigenvalue weighted by Gasteiger charge is -2.05. The van der Waals surface area contributed by atoms with Crippen molar-refractivity contribution in [3.63, 3.8) is 0 Å². The Balaban J connectivity index is 1.74. The number of hydrogen-bond acceptors (Lipinski definition) is 6. The highest BCUT2D eigenvalue weighted by Gasteiger charge is 2.11. The van der Waals surface area contributed by atoms with Crippen molar-refractivity contribution in [3.8, 4) is 0 Å². The van der Waals surface area contributed by atoms with Crippen LogP contribution in [-0.2, 0) is 6.54 Å². The molecule has 8 heteroatoms. The highest BCUT2D eigenvalue weighted by molar-refractivity contribution is 5.98. The molecule has 0 aliphatic carbocycles. The summed E-state index contributed by atoms with van der Waals surface area (Å²) in [6.07, 6.45) is 0. The van der Waals surface area contributed by atoms with Gasteiger partial charge < -0.3 is 5.32 Å². The Hall–Kier alpha value is -3.42. The molecule has 2 aromatic carbocycles. The summed E-state index contributed by atoms with van der Waals surface area (Å²) in [6, 6.07) is 16.3. The SMILES string of the molecule is O=C(NCc1nn[nH]n1)c1ccccc1N=Nc1ccccc1. The third kappa shape index (κ3) is 3.82. The second-order valence-corrected chi connectivity index (χ2v) is 4.56. The average Bonchev–Trinajstić information content (AvgIpc) is 3.12. The van der Waals surface area contributed by atoms with Crippen LogP contribution >= 0.6 is 0 Å². The van der Waals surface area contributed by atoms with Gasteiger partial charge in [0.2, 0.25) is 0 Å². The number of amides is 1. The van der Waals surface area contributed by atoms with E-state index >= 15 is 0 Å². The first-order chi connectivity index (χ1) is 11.3. The van der Waals surface area contributed by atoms with Gasteiger partial charge in [-0.1, -0.05) is 35.5 Å². The van der Waals surface area contributed by atoms with Crippen LogP contribution in [0.5, 0.6) is 0 Å². The van der Waals surface area contributed by atoms with Crippen LogP contribution in [-0.4, -0.2) is 26.5 Å². The fraction of sp³-hybridized carbons (Fsp3) is 0.0667. The van der Waals surface area contributed by atoms with Gasteiger partial charge in [-0.15, -0.1) is 15.3 Å². The first-order valence-corrected chi connectivity index (χ1v) is 6.89. The van der Waals surface area contributed by atoms with E-state index < -0.39 is 0 Å². The molecule has 1 heterocycles. The van der Waals surface area contributed by atoms with Crippen molar-refractivity contribution in [2.45, 2.75) is 6.54 Å². The maximum Gasteiger partial charge on any atom is 0.253 e. The van der Waals surface area contributed by atoms with Gasteiger partial charge >= 0.3 is 0 Å². The molecule has 114 valence electrons. The predicted octanol–water partition coefficient (Wildman–Crippen LogP) is 2.55. The minimum absolute atomic E-state index is 0.180. The first-order valence-electron chi connectivity index (χ1n) is 6.89. The van der Waals surface area contributed by atoms with E-state index in [2.05, 4.69) is 36.2 Å². The highest BCUT2D eigenvalue weighted by atomic mass is 16.1. The summed E-state index contributed by atoms with van der Waals surface area (Å²) < 4.78 is 0. The molecule has 23 heavy (non-hydrogen) atoms. The molecular formula is C15H13N7O. The van der Waals surface area contributed by atoms with Crippen molar-refractivity contribution < 1.29 is 4.79 Å². The number of rotatable bonds is 5. The molecule has 2 N–H and O–H groups in total. The average molecular weight is 307 g/mol. The van der Waals surface area contributed by atoms with Crippen LogP contribution in [0.15, 0.2) is 64.8 Å². The lowest BCUT2D eigenvalue weighted by atomic mass is 10.1. The summed E-state index contributed by atoms with van der Waals surface area (Å²) in [5, 5.41) is 24.3. The van der Waals surface area contributed by atoms with Gasteiger partial charge in [0.15, 0.2) is 5.82 Å². The fourth-order valence-corrected chi connectivity index (χ4v) is 1.87. The van der Waals surface area contributed by atoms with Gasteiger partial charge in [-0.3, -0.25) is 4.79 Å². The van der Waals surface area contributed by atoms with Gasteiger partial charge in [-0.05, 0) is 24.3 Å². The Morgan fingerprint density at radius 3 is 2.61 bits per heavy atom. The number of hydrogen-bond donors (Lipinski definition) is 2. The summed E-state index contributed by atoms with van der Waals surface area (Å²) in [6.45, 7) is 0.180. The van der Waals surface area contributed by atoms with E-state index in [1.165, 1.54) is 0 Å². The molecule has 3 rings (SSSR count).